The molecule has 20 heavy (non-hydrogen) atoms. The van der Waals surface area contributed by atoms with E-state index in [1.807, 2.05) is 31.2 Å². The van der Waals surface area contributed by atoms with Crippen LogP contribution in [0.2, 0.25) is 0 Å². The number of aliphatic hydroxyl groups is 1. The summed E-state index contributed by atoms with van der Waals surface area (Å²) in [4.78, 5) is 0. The number of unbranched alkanes of at least 4 members (excludes halogenated alkanes) is 5. The van der Waals surface area contributed by atoms with Crippen LogP contribution in [0.15, 0.2) is 28.7 Å². The Kier molecular flexibility index (Phi) is 5.66. The first-order valence-electron chi connectivity index (χ1n) is 7.90. The highest BCUT2D eigenvalue weighted by Crippen LogP contribution is 2.32. The van der Waals surface area contributed by atoms with Crippen molar-refractivity contribution in [1.29, 1.82) is 0 Å². The van der Waals surface area contributed by atoms with E-state index >= 15 is 0 Å². The van der Waals surface area contributed by atoms with Crippen LogP contribution in [0, 0.1) is 6.92 Å². The normalized spacial score (nSPS) is 12.9. The fraction of sp³-hybridized carbons (Fsp3) is 0.556. The maximum absolute atomic E-state index is 10.4. The van der Waals surface area contributed by atoms with Gasteiger partial charge in [0.15, 0.2) is 0 Å². The summed E-state index contributed by atoms with van der Waals surface area (Å²) in [5.74, 6) is 0.852. The molecule has 0 spiro atoms. The van der Waals surface area contributed by atoms with E-state index in [2.05, 4.69) is 6.92 Å². The van der Waals surface area contributed by atoms with Gasteiger partial charge in [0.25, 0.3) is 0 Å². The molecule has 2 rings (SSSR count). The number of fused-ring (bicyclic) bond motifs is 1. The number of para-hydroxylation sites is 1. The number of hydrogen-bond donors (Lipinski definition) is 1. The second-order valence-electron chi connectivity index (χ2n) is 5.64. The van der Waals surface area contributed by atoms with E-state index < -0.39 is 6.10 Å². The molecule has 110 valence electrons. The van der Waals surface area contributed by atoms with Gasteiger partial charge in [0.05, 0.1) is 6.10 Å². The smallest absolute Gasteiger partial charge is 0.134 e. The Balaban J connectivity index is 1.91. The van der Waals surface area contributed by atoms with Gasteiger partial charge < -0.3 is 9.52 Å². The lowest BCUT2D eigenvalue weighted by molar-refractivity contribution is 0.162. The molecule has 0 saturated carbocycles. The van der Waals surface area contributed by atoms with E-state index in [1.165, 1.54) is 32.1 Å². The summed E-state index contributed by atoms with van der Waals surface area (Å²) in [6, 6.07) is 7.96. The Morgan fingerprint density at radius 2 is 1.75 bits per heavy atom. The molecule has 2 nitrogen and oxygen atoms in total. The van der Waals surface area contributed by atoms with Crippen molar-refractivity contribution in [1.82, 2.24) is 0 Å². The fourth-order valence-electron chi connectivity index (χ4n) is 2.86. The Bertz CT molecular complexity index is 527. The molecule has 2 aromatic rings. The van der Waals surface area contributed by atoms with Crippen LogP contribution < -0.4 is 0 Å². The third kappa shape index (κ3) is 3.63. The summed E-state index contributed by atoms with van der Waals surface area (Å²) >= 11 is 0. The average Bonchev–Trinajstić information content (AvgIpc) is 2.78. The molecule has 0 aliphatic carbocycles. The summed E-state index contributed by atoms with van der Waals surface area (Å²) in [7, 11) is 0. The lowest BCUT2D eigenvalue weighted by Crippen LogP contribution is -1.98. The molecule has 1 aromatic heterocycles. The average molecular weight is 274 g/mol. The summed E-state index contributed by atoms with van der Waals surface area (Å²) in [5, 5.41) is 11.5. The van der Waals surface area contributed by atoms with E-state index in [0.717, 1.165) is 35.1 Å². The number of hydrogen-bond acceptors (Lipinski definition) is 2. The van der Waals surface area contributed by atoms with Crippen LogP contribution in [0.4, 0.5) is 0 Å². The van der Waals surface area contributed by atoms with Gasteiger partial charge in [-0.2, -0.15) is 0 Å². The number of benzene rings is 1. The van der Waals surface area contributed by atoms with Crippen molar-refractivity contribution >= 4 is 11.0 Å². The largest absolute Gasteiger partial charge is 0.461 e. The van der Waals surface area contributed by atoms with Gasteiger partial charge in [0.1, 0.15) is 11.3 Å². The molecule has 1 atom stereocenters. The van der Waals surface area contributed by atoms with Gasteiger partial charge >= 0.3 is 0 Å². The van der Waals surface area contributed by atoms with Gasteiger partial charge in [-0.15, -0.1) is 0 Å². The van der Waals surface area contributed by atoms with Crippen LogP contribution in [0.5, 0.6) is 0 Å². The third-order valence-electron chi connectivity index (χ3n) is 3.98. The molecule has 1 heterocycles. The van der Waals surface area contributed by atoms with Crippen molar-refractivity contribution in [2.75, 3.05) is 0 Å². The minimum absolute atomic E-state index is 0.398. The van der Waals surface area contributed by atoms with E-state index in [4.69, 9.17) is 4.42 Å². The first-order chi connectivity index (χ1) is 9.74. The van der Waals surface area contributed by atoms with Crippen molar-refractivity contribution in [2.45, 2.75) is 64.9 Å². The molecule has 0 saturated heterocycles. The second kappa shape index (κ2) is 7.49. The van der Waals surface area contributed by atoms with Crippen LogP contribution in [-0.2, 0) is 0 Å². The van der Waals surface area contributed by atoms with Crippen molar-refractivity contribution in [3.05, 3.63) is 35.6 Å². The molecule has 1 unspecified atom stereocenters. The summed E-state index contributed by atoms with van der Waals surface area (Å²) < 4.78 is 5.72. The Morgan fingerprint density at radius 1 is 1.05 bits per heavy atom. The molecular weight excluding hydrogens is 248 g/mol. The molecule has 1 N–H and O–H groups in total. The first kappa shape index (κ1) is 15.1. The Hall–Kier alpha value is -1.28. The van der Waals surface area contributed by atoms with Gasteiger partial charge in [-0.3, -0.25) is 0 Å². The summed E-state index contributed by atoms with van der Waals surface area (Å²) in [6.07, 6.45) is 7.94. The van der Waals surface area contributed by atoms with Crippen LogP contribution in [0.25, 0.3) is 11.0 Å². The Morgan fingerprint density at radius 3 is 2.55 bits per heavy atom. The molecule has 1 aromatic carbocycles. The zero-order chi connectivity index (χ0) is 14.4. The molecule has 0 aliphatic heterocycles. The maximum Gasteiger partial charge on any atom is 0.134 e. The van der Waals surface area contributed by atoms with E-state index in [0.29, 0.717) is 0 Å². The van der Waals surface area contributed by atoms with Crippen molar-refractivity contribution in [3.63, 3.8) is 0 Å². The summed E-state index contributed by atoms with van der Waals surface area (Å²) in [6.45, 7) is 4.18. The van der Waals surface area contributed by atoms with Gasteiger partial charge in [-0.05, 0) is 19.4 Å². The number of rotatable bonds is 8. The minimum atomic E-state index is -0.398. The second-order valence-corrected chi connectivity index (χ2v) is 5.64. The van der Waals surface area contributed by atoms with Crippen molar-refractivity contribution in [3.8, 4) is 0 Å². The van der Waals surface area contributed by atoms with Gasteiger partial charge in [0.2, 0.25) is 0 Å². The van der Waals surface area contributed by atoms with Crippen molar-refractivity contribution in [2.24, 2.45) is 0 Å². The van der Waals surface area contributed by atoms with Crippen LogP contribution in [-0.4, -0.2) is 5.11 Å². The molecule has 0 bridgehead atoms. The highest BCUT2D eigenvalue weighted by atomic mass is 16.3. The van der Waals surface area contributed by atoms with E-state index in [-0.39, 0.29) is 0 Å². The first-order valence-corrected chi connectivity index (χ1v) is 7.90. The lowest BCUT2D eigenvalue weighted by atomic mass is 9.99. The molecule has 0 aliphatic rings. The van der Waals surface area contributed by atoms with Crippen LogP contribution in [0.1, 0.15) is 69.3 Å². The fourth-order valence-corrected chi connectivity index (χ4v) is 2.86. The van der Waals surface area contributed by atoms with Gasteiger partial charge in [0, 0.05) is 10.9 Å². The van der Waals surface area contributed by atoms with Crippen molar-refractivity contribution < 1.29 is 9.52 Å². The summed E-state index contributed by atoms with van der Waals surface area (Å²) in [5.41, 5.74) is 1.86. The highest BCUT2D eigenvalue weighted by molar-refractivity contribution is 5.82. The SMILES string of the molecule is CCCCCCCCC(O)c1c(C)oc2ccccc12. The van der Waals surface area contributed by atoms with Crippen LogP contribution in [0.3, 0.4) is 0 Å². The van der Waals surface area contributed by atoms with Gasteiger partial charge in [-0.25, -0.2) is 0 Å². The monoisotopic (exact) mass is 274 g/mol. The standard InChI is InChI=1S/C18H26O2/c1-3-4-5-6-7-8-12-16(19)18-14(2)20-17-13-10-9-11-15(17)18/h9-11,13,16,19H,3-8,12H2,1-2H3. The predicted molar refractivity (Wildman–Crippen MR) is 83.9 cm³/mol. The molecule has 0 fully saturated rings. The third-order valence-corrected chi connectivity index (χ3v) is 3.98. The number of aryl methyl sites for hydroxylation is 1. The van der Waals surface area contributed by atoms with E-state index in [9.17, 15) is 5.11 Å². The number of furan rings is 1. The lowest BCUT2D eigenvalue weighted by Gasteiger charge is -2.10. The number of aliphatic hydroxyl groups excluding tert-OH is 1. The molecule has 2 heteroatoms. The van der Waals surface area contributed by atoms with E-state index in [1.54, 1.807) is 0 Å². The molecule has 0 radical (unpaired) electrons. The zero-order valence-electron chi connectivity index (χ0n) is 12.7. The minimum Gasteiger partial charge on any atom is -0.461 e. The quantitative estimate of drug-likeness (QED) is 0.642. The topological polar surface area (TPSA) is 33.4 Å². The molecular formula is C18H26O2. The highest BCUT2D eigenvalue weighted by Gasteiger charge is 2.17. The maximum atomic E-state index is 10.4. The molecule has 0 amide bonds. The predicted octanol–water partition coefficient (Wildman–Crippen LogP) is 5.53. The van der Waals surface area contributed by atoms with Crippen LogP contribution >= 0.6 is 0 Å². The zero-order valence-corrected chi connectivity index (χ0v) is 12.7. The van der Waals surface area contributed by atoms with Gasteiger partial charge in [-0.1, -0.05) is 63.6 Å². The Labute approximate surface area is 121 Å².